The van der Waals surface area contributed by atoms with Crippen LogP contribution >= 0.6 is 0 Å². The van der Waals surface area contributed by atoms with Gasteiger partial charge in [0.2, 0.25) is 11.9 Å². The zero-order valence-electron chi connectivity index (χ0n) is 17.1. The molecule has 0 bridgehead atoms. The van der Waals surface area contributed by atoms with Crippen molar-refractivity contribution in [1.29, 1.82) is 0 Å². The molecule has 11 nitrogen and oxygen atoms in total. The average molecular weight is 424 g/mol. The summed E-state index contributed by atoms with van der Waals surface area (Å²) in [5.74, 6) is -1.42. The van der Waals surface area contributed by atoms with Gasteiger partial charge >= 0.3 is 0 Å². The molecule has 3 rings (SSSR count). The number of aromatic amines is 1. The van der Waals surface area contributed by atoms with E-state index in [1.807, 2.05) is 19.9 Å². The van der Waals surface area contributed by atoms with Crippen molar-refractivity contribution in [3.63, 3.8) is 0 Å². The number of aromatic nitrogens is 4. The SMILES string of the molecule is CC(C)CC(Nc1nc(Nc2cccc(-n3cccn3)c2)c(C(N)=O)c(=O)[nH]1)C(N)=O. The standard InChI is InChI=1S/C20H24N8O3/c1-11(2)9-14(16(21)29)25-20-26-18(15(17(22)30)19(31)27-20)24-12-5-3-6-13(10-12)28-8-4-7-23-28/h3-8,10-11,14H,9H2,1-2H3,(H2,21,29)(H2,22,30)(H3,24,25,26,27,31). The fourth-order valence-corrected chi connectivity index (χ4v) is 3.03. The van der Waals surface area contributed by atoms with Crippen molar-refractivity contribution in [3.8, 4) is 5.69 Å². The van der Waals surface area contributed by atoms with Crippen LogP contribution in [-0.4, -0.2) is 37.6 Å². The topological polar surface area (TPSA) is 174 Å². The number of nitrogens with one attached hydrogen (secondary N) is 3. The third-order valence-electron chi connectivity index (χ3n) is 4.41. The lowest BCUT2D eigenvalue weighted by Gasteiger charge is -2.18. The maximum atomic E-state index is 12.5. The minimum absolute atomic E-state index is 0.00909. The number of anilines is 3. The Hall–Kier alpha value is -4.15. The number of amides is 2. The van der Waals surface area contributed by atoms with Crippen molar-refractivity contribution in [2.45, 2.75) is 26.3 Å². The zero-order chi connectivity index (χ0) is 22.5. The number of hydrogen-bond acceptors (Lipinski definition) is 7. The van der Waals surface area contributed by atoms with Gasteiger partial charge in [-0.3, -0.25) is 19.4 Å². The second-order valence-electron chi connectivity index (χ2n) is 7.36. The Bertz CT molecular complexity index is 1140. The predicted octanol–water partition coefficient (Wildman–Crippen LogP) is 1.11. The number of rotatable bonds is 9. The summed E-state index contributed by atoms with van der Waals surface area (Å²) in [5, 5.41) is 9.95. The Labute approximate surface area is 177 Å². The van der Waals surface area contributed by atoms with E-state index >= 15 is 0 Å². The van der Waals surface area contributed by atoms with E-state index in [-0.39, 0.29) is 23.2 Å². The van der Waals surface area contributed by atoms with Gasteiger partial charge in [-0.1, -0.05) is 19.9 Å². The van der Waals surface area contributed by atoms with Gasteiger partial charge in [0.15, 0.2) is 5.82 Å². The van der Waals surface area contributed by atoms with Gasteiger partial charge in [0.1, 0.15) is 11.6 Å². The number of primary amides is 2. The van der Waals surface area contributed by atoms with Crippen LogP contribution in [0.4, 0.5) is 17.5 Å². The second-order valence-corrected chi connectivity index (χ2v) is 7.36. The Kier molecular flexibility index (Phi) is 6.34. The Morgan fingerprint density at radius 2 is 2.00 bits per heavy atom. The van der Waals surface area contributed by atoms with Crippen LogP contribution < -0.4 is 27.7 Å². The highest BCUT2D eigenvalue weighted by Crippen LogP contribution is 2.21. The highest BCUT2D eigenvalue weighted by molar-refractivity contribution is 5.98. The molecule has 2 amide bonds. The normalized spacial score (nSPS) is 11.8. The summed E-state index contributed by atoms with van der Waals surface area (Å²) in [6, 6.07) is 8.15. The van der Waals surface area contributed by atoms with Crippen molar-refractivity contribution >= 4 is 29.3 Å². The first kappa shape index (κ1) is 21.6. The highest BCUT2D eigenvalue weighted by Gasteiger charge is 2.21. The molecule has 0 aliphatic rings. The van der Waals surface area contributed by atoms with E-state index in [0.29, 0.717) is 12.1 Å². The molecule has 0 aliphatic carbocycles. The number of nitrogens with two attached hydrogens (primary N) is 2. The monoisotopic (exact) mass is 424 g/mol. The Morgan fingerprint density at radius 3 is 2.61 bits per heavy atom. The van der Waals surface area contributed by atoms with Gasteiger partial charge in [0, 0.05) is 18.1 Å². The number of carbonyl (C=O) groups is 2. The van der Waals surface area contributed by atoms with E-state index in [2.05, 4.69) is 25.7 Å². The summed E-state index contributed by atoms with van der Waals surface area (Å²) < 4.78 is 1.65. The van der Waals surface area contributed by atoms with E-state index in [1.54, 1.807) is 41.3 Å². The maximum Gasteiger partial charge on any atom is 0.267 e. The molecule has 0 radical (unpaired) electrons. The van der Waals surface area contributed by atoms with E-state index in [1.165, 1.54) is 0 Å². The molecular weight excluding hydrogens is 400 g/mol. The number of H-pyrrole nitrogens is 1. The number of carbonyl (C=O) groups excluding carboxylic acids is 2. The first-order chi connectivity index (χ1) is 14.7. The molecule has 1 atom stereocenters. The van der Waals surface area contributed by atoms with Gasteiger partial charge in [-0.15, -0.1) is 0 Å². The molecule has 7 N–H and O–H groups in total. The van der Waals surface area contributed by atoms with E-state index in [4.69, 9.17) is 11.5 Å². The summed E-state index contributed by atoms with van der Waals surface area (Å²) >= 11 is 0. The molecule has 3 aromatic rings. The van der Waals surface area contributed by atoms with Crippen LogP contribution in [0.15, 0.2) is 47.5 Å². The van der Waals surface area contributed by atoms with Gasteiger partial charge in [-0.25, -0.2) is 4.68 Å². The third-order valence-corrected chi connectivity index (χ3v) is 4.41. The van der Waals surface area contributed by atoms with E-state index in [0.717, 1.165) is 5.69 Å². The van der Waals surface area contributed by atoms with Gasteiger partial charge in [-0.2, -0.15) is 10.1 Å². The fraction of sp³-hybridized carbons (Fsp3) is 0.250. The van der Waals surface area contributed by atoms with Gasteiger partial charge in [0.05, 0.1) is 5.69 Å². The van der Waals surface area contributed by atoms with E-state index < -0.39 is 23.4 Å². The van der Waals surface area contributed by atoms with Crippen LogP contribution in [0.2, 0.25) is 0 Å². The lowest BCUT2D eigenvalue weighted by Crippen LogP contribution is -2.38. The zero-order valence-corrected chi connectivity index (χ0v) is 17.1. The third kappa shape index (κ3) is 5.26. The van der Waals surface area contributed by atoms with Crippen LogP contribution in [0.1, 0.15) is 30.6 Å². The molecule has 0 spiro atoms. The minimum Gasteiger partial charge on any atom is -0.368 e. The van der Waals surface area contributed by atoms with Crippen LogP contribution in [0.3, 0.4) is 0 Å². The molecule has 2 aromatic heterocycles. The molecule has 0 saturated carbocycles. The summed E-state index contributed by atoms with van der Waals surface area (Å²) in [6.07, 6.45) is 3.86. The number of nitrogens with zero attached hydrogens (tertiary/aromatic N) is 3. The van der Waals surface area contributed by atoms with Crippen molar-refractivity contribution < 1.29 is 9.59 Å². The smallest absolute Gasteiger partial charge is 0.267 e. The van der Waals surface area contributed by atoms with Gasteiger partial charge in [-0.05, 0) is 36.6 Å². The molecule has 1 aromatic carbocycles. The molecule has 2 heterocycles. The first-order valence-electron chi connectivity index (χ1n) is 9.61. The van der Waals surface area contributed by atoms with Crippen molar-refractivity contribution in [2.24, 2.45) is 17.4 Å². The predicted molar refractivity (Wildman–Crippen MR) is 116 cm³/mol. The molecular formula is C20H24N8O3. The summed E-state index contributed by atoms with van der Waals surface area (Å²) in [6.45, 7) is 3.87. The Balaban J connectivity index is 1.97. The number of benzene rings is 1. The summed E-state index contributed by atoms with van der Waals surface area (Å²) in [7, 11) is 0. The highest BCUT2D eigenvalue weighted by atomic mass is 16.2. The first-order valence-corrected chi connectivity index (χ1v) is 9.61. The van der Waals surface area contributed by atoms with Crippen LogP contribution in [0, 0.1) is 5.92 Å². The lowest BCUT2D eigenvalue weighted by atomic mass is 10.0. The second kappa shape index (κ2) is 9.11. The number of hydrogen-bond donors (Lipinski definition) is 5. The van der Waals surface area contributed by atoms with Crippen LogP contribution in [-0.2, 0) is 4.79 Å². The molecule has 11 heteroatoms. The van der Waals surface area contributed by atoms with E-state index in [9.17, 15) is 14.4 Å². The largest absolute Gasteiger partial charge is 0.368 e. The maximum absolute atomic E-state index is 12.5. The summed E-state index contributed by atoms with van der Waals surface area (Å²) in [4.78, 5) is 42.9. The fourth-order valence-electron chi connectivity index (χ4n) is 3.03. The lowest BCUT2D eigenvalue weighted by molar-refractivity contribution is -0.119. The van der Waals surface area contributed by atoms with Crippen molar-refractivity contribution in [1.82, 2.24) is 19.7 Å². The van der Waals surface area contributed by atoms with Gasteiger partial charge < -0.3 is 22.1 Å². The van der Waals surface area contributed by atoms with Crippen molar-refractivity contribution in [3.05, 3.63) is 58.6 Å². The minimum atomic E-state index is -0.945. The molecule has 0 aliphatic heterocycles. The van der Waals surface area contributed by atoms with Crippen LogP contribution in [0.25, 0.3) is 5.69 Å². The van der Waals surface area contributed by atoms with Gasteiger partial charge in [0.25, 0.3) is 11.5 Å². The molecule has 0 fully saturated rings. The summed E-state index contributed by atoms with van der Waals surface area (Å²) in [5.41, 5.74) is 11.1. The van der Waals surface area contributed by atoms with Crippen LogP contribution in [0.5, 0.6) is 0 Å². The molecule has 0 saturated heterocycles. The average Bonchev–Trinajstić information content (AvgIpc) is 3.21. The molecule has 31 heavy (non-hydrogen) atoms. The Morgan fingerprint density at radius 1 is 1.23 bits per heavy atom. The van der Waals surface area contributed by atoms with Crippen molar-refractivity contribution in [2.75, 3.05) is 10.6 Å². The molecule has 162 valence electrons. The molecule has 1 unspecified atom stereocenters. The quantitative estimate of drug-likeness (QED) is 0.342.